The van der Waals surface area contributed by atoms with Crippen molar-refractivity contribution in [2.45, 2.75) is 44.7 Å². The summed E-state index contributed by atoms with van der Waals surface area (Å²) in [4.78, 5) is 15.0. The number of amides is 2. The van der Waals surface area contributed by atoms with Crippen LogP contribution in [0.3, 0.4) is 0 Å². The average molecular weight is 368 g/mol. The van der Waals surface area contributed by atoms with Crippen LogP contribution in [0.1, 0.15) is 49.8 Å². The quantitative estimate of drug-likeness (QED) is 0.747. The van der Waals surface area contributed by atoms with Crippen molar-refractivity contribution < 1.29 is 4.79 Å². The van der Waals surface area contributed by atoms with Gasteiger partial charge in [-0.25, -0.2) is 4.79 Å². The van der Waals surface area contributed by atoms with E-state index in [1.807, 2.05) is 30.0 Å². The Kier molecular flexibility index (Phi) is 5.80. The maximum absolute atomic E-state index is 13.1. The van der Waals surface area contributed by atoms with Crippen LogP contribution < -0.4 is 5.32 Å². The molecule has 5 heteroatoms. The highest BCUT2D eigenvalue weighted by Gasteiger charge is 2.31. The number of carbonyl (C=O) groups excluding carboxylic acids is 1. The van der Waals surface area contributed by atoms with Gasteiger partial charge in [-0.15, -0.1) is 0 Å². The zero-order chi connectivity index (χ0) is 18.5. The first-order valence-corrected chi connectivity index (χ1v) is 9.31. The summed E-state index contributed by atoms with van der Waals surface area (Å²) >= 11 is 5.92. The lowest BCUT2D eigenvalue weighted by atomic mass is 10.0. The van der Waals surface area contributed by atoms with Gasteiger partial charge >= 0.3 is 6.03 Å². The van der Waals surface area contributed by atoms with Gasteiger partial charge < -0.3 is 10.2 Å². The highest BCUT2D eigenvalue weighted by molar-refractivity contribution is 6.30. The fourth-order valence-corrected chi connectivity index (χ4v) is 3.72. The topological polar surface area (TPSA) is 56.1 Å². The molecule has 1 aliphatic carbocycles. The molecule has 0 bridgehead atoms. The molecule has 1 unspecified atom stereocenters. The summed E-state index contributed by atoms with van der Waals surface area (Å²) in [5, 5.41) is 12.8. The summed E-state index contributed by atoms with van der Waals surface area (Å²) in [5.41, 5.74) is 2.31. The Bertz CT molecular complexity index is 807. The minimum atomic E-state index is -0.117. The van der Waals surface area contributed by atoms with Crippen LogP contribution in [0, 0.1) is 11.3 Å². The Morgan fingerprint density at radius 2 is 1.92 bits per heavy atom. The van der Waals surface area contributed by atoms with Crippen LogP contribution in [0.4, 0.5) is 10.5 Å². The van der Waals surface area contributed by atoms with Crippen LogP contribution in [-0.4, -0.2) is 17.0 Å². The molecule has 2 aromatic rings. The van der Waals surface area contributed by atoms with Crippen LogP contribution in [0.2, 0.25) is 5.02 Å². The van der Waals surface area contributed by atoms with Crippen molar-refractivity contribution in [2.75, 3.05) is 5.32 Å². The molecule has 3 rings (SSSR count). The third-order valence-electron chi connectivity index (χ3n) is 4.96. The van der Waals surface area contributed by atoms with E-state index in [-0.39, 0.29) is 18.1 Å². The Balaban J connectivity index is 1.85. The molecule has 1 fully saturated rings. The van der Waals surface area contributed by atoms with Gasteiger partial charge in [0, 0.05) is 16.8 Å². The van der Waals surface area contributed by atoms with Crippen LogP contribution in [-0.2, 0) is 0 Å². The lowest BCUT2D eigenvalue weighted by Crippen LogP contribution is -2.43. The summed E-state index contributed by atoms with van der Waals surface area (Å²) < 4.78 is 0. The van der Waals surface area contributed by atoms with Gasteiger partial charge in [0.05, 0.1) is 17.7 Å². The molecule has 1 N–H and O–H groups in total. The second-order valence-corrected chi connectivity index (χ2v) is 7.13. The van der Waals surface area contributed by atoms with E-state index >= 15 is 0 Å². The van der Waals surface area contributed by atoms with Crippen molar-refractivity contribution in [3.8, 4) is 6.07 Å². The molecule has 0 heterocycles. The van der Waals surface area contributed by atoms with Gasteiger partial charge in [0.15, 0.2) is 0 Å². The van der Waals surface area contributed by atoms with Crippen molar-refractivity contribution in [2.24, 2.45) is 0 Å². The fourth-order valence-electron chi connectivity index (χ4n) is 3.59. The van der Waals surface area contributed by atoms with E-state index in [1.54, 1.807) is 30.3 Å². The molecule has 0 aromatic heterocycles. The molecule has 1 atom stereocenters. The molecule has 1 saturated carbocycles. The Morgan fingerprint density at radius 3 is 2.58 bits per heavy atom. The summed E-state index contributed by atoms with van der Waals surface area (Å²) in [6.07, 6.45) is 4.30. The maximum atomic E-state index is 13.1. The van der Waals surface area contributed by atoms with Crippen molar-refractivity contribution in [3.05, 3.63) is 64.7 Å². The van der Waals surface area contributed by atoms with Crippen molar-refractivity contribution >= 4 is 23.3 Å². The highest BCUT2D eigenvalue weighted by atomic mass is 35.5. The van der Waals surface area contributed by atoms with E-state index < -0.39 is 0 Å². The van der Waals surface area contributed by atoms with E-state index in [0.29, 0.717) is 10.6 Å². The van der Waals surface area contributed by atoms with Crippen LogP contribution in [0.25, 0.3) is 0 Å². The minimum Gasteiger partial charge on any atom is -0.315 e. The molecule has 134 valence electrons. The van der Waals surface area contributed by atoms with E-state index in [2.05, 4.69) is 11.4 Å². The van der Waals surface area contributed by atoms with Crippen molar-refractivity contribution in [1.82, 2.24) is 4.90 Å². The fraction of sp³-hybridized carbons (Fsp3) is 0.333. The van der Waals surface area contributed by atoms with E-state index in [0.717, 1.165) is 36.9 Å². The molecular formula is C21H22ClN3O. The van der Waals surface area contributed by atoms with E-state index in [4.69, 9.17) is 16.9 Å². The molecule has 0 spiro atoms. The van der Waals surface area contributed by atoms with Crippen LogP contribution >= 0.6 is 11.6 Å². The molecule has 2 aromatic carbocycles. The standard InChI is InChI=1S/C21H22ClN3O/c1-15(17-6-4-5-16(13-17)14-23)25(20-7-2-3-8-20)21(26)24-19-11-9-18(22)10-12-19/h4-6,9-13,15,20H,2-3,7-8H2,1H3,(H,24,26). The van der Waals surface area contributed by atoms with Gasteiger partial charge in [-0.1, -0.05) is 36.6 Å². The molecule has 4 nitrogen and oxygen atoms in total. The molecule has 0 radical (unpaired) electrons. The summed E-state index contributed by atoms with van der Waals surface area (Å²) in [6, 6.07) is 16.8. The maximum Gasteiger partial charge on any atom is 0.322 e. The number of benzene rings is 2. The number of nitrogens with zero attached hydrogens (tertiary/aromatic N) is 2. The van der Waals surface area contributed by atoms with Gasteiger partial charge in [0.1, 0.15) is 0 Å². The molecule has 0 aliphatic heterocycles. The number of nitrogens with one attached hydrogen (secondary N) is 1. The summed E-state index contributed by atoms with van der Waals surface area (Å²) in [7, 11) is 0. The predicted molar refractivity (Wildman–Crippen MR) is 104 cm³/mol. The van der Waals surface area contributed by atoms with Crippen molar-refractivity contribution in [3.63, 3.8) is 0 Å². The van der Waals surface area contributed by atoms with Gasteiger partial charge in [-0.3, -0.25) is 0 Å². The third kappa shape index (κ3) is 4.17. The minimum absolute atomic E-state index is 0.112. The molecular weight excluding hydrogens is 346 g/mol. The Morgan fingerprint density at radius 1 is 1.23 bits per heavy atom. The molecule has 2 amide bonds. The van der Waals surface area contributed by atoms with Gasteiger partial charge in [0.2, 0.25) is 0 Å². The van der Waals surface area contributed by atoms with E-state index in [9.17, 15) is 4.79 Å². The monoisotopic (exact) mass is 367 g/mol. The number of carbonyl (C=O) groups is 1. The van der Waals surface area contributed by atoms with Gasteiger partial charge in [-0.05, 0) is 61.7 Å². The highest BCUT2D eigenvalue weighted by Crippen LogP contribution is 2.32. The Hall–Kier alpha value is -2.51. The summed E-state index contributed by atoms with van der Waals surface area (Å²) in [6.45, 7) is 2.02. The van der Waals surface area contributed by atoms with Crippen molar-refractivity contribution in [1.29, 1.82) is 5.26 Å². The third-order valence-corrected chi connectivity index (χ3v) is 5.22. The lowest BCUT2D eigenvalue weighted by molar-refractivity contribution is 0.162. The zero-order valence-corrected chi connectivity index (χ0v) is 15.5. The van der Waals surface area contributed by atoms with E-state index in [1.165, 1.54) is 0 Å². The second kappa shape index (κ2) is 8.25. The zero-order valence-electron chi connectivity index (χ0n) is 14.8. The first-order chi connectivity index (χ1) is 12.6. The number of hydrogen-bond acceptors (Lipinski definition) is 2. The smallest absolute Gasteiger partial charge is 0.315 e. The number of hydrogen-bond donors (Lipinski definition) is 1. The van der Waals surface area contributed by atoms with Crippen LogP contribution in [0.15, 0.2) is 48.5 Å². The first kappa shape index (κ1) is 18.3. The molecule has 1 aliphatic rings. The average Bonchev–Trinajstić information content (AvgIpc) is 3.18. The largest absolute Gasteiger partial charge is 0.322 e. The lowest BCUT2D eigenvalue weighted by Gasteiger charge is -2.35. The first-order valence-electron chi connectivity index (χ1n) is 8.93. The number of urea groups is 1. The SMILES string of the molecule is CC(c1cccc(C#N)c1)N(C(=O)Nc1ccc(Cl)cc1)C1CCCC1. The number of anilines is 1. The molecule has 26 heavy (non-hydrogen) atoms. The second-order valence-electron chi connectivity index (χ2n) is 6.70. The molecule has 0 saturated heterocycles. The number of rotatable bonds is 4. The predicted octanol–water partition coefficient (Wildman–Crippen LogP) is 5.75. The number of halogens is 1. The summed E-state index contributed by atoms with van der Waals surface area (Å²) in [5.74, 6) is 0. The Labute approximate surface area is 159 Å². The van der Waals surface area contributed by atoms with Crippen LogP contribution in [0.5, 0.6) is 0 Å². The van der Waals surface area contributed by atoms with Gasteiger partial charge in [-0.2, -0.15) is 5.26 Å². The van der Waals surface area contributed by atoms with Gasteiger partial charge in [0.25, 0.3) is 0 Å². The number of nitriles is 1. The normalized spacial score (nSPS) is 15.3.